The maximum absolute atomic E-state index is 12.7. The van der Waals surface area contributed by atoms with Crippen LogP contribution >= 0.6 is 0 Å². The smallest absolute Gasteiger partial charge is 0.129 e. The Morgan fingerprint density at radius 2 is 1.56 bits per heavy atom. The van der Waals surface area contributed by atoms with Crippen molar-refractivity contribution in [3.8, 4) is 23.0 Å². The molecule has 1 fully saturated rings. The van der Waals surface area contributed by atoms with Crippen molar-refractivity contribution >= 4 is 0 Å². The summed E-state index contributed by atoms with van der Waals surface area (Å²) >= 11 is 0. The fourth-order valence-electron chi connectivity index (χ4n) is 3.58. The molecule has 0 aliphatic heterocycles. The minimum Gasteiger partial charge on any atom is -0.851 e. The molecule has 3 rings (SSSR count). The van der Waals surface area contributed by atoms with Crippen molar-refractivity contribution in [2.75, 3.05) is 7.11 Å². The summed E-state index contributed by atoms with van der Waals surface area (Å²) in [6.45, 7) is 3.29. The molecule has 1 aliphatic rings. The number of rotatable bonds is 3. The molecule has 25 heavy (non-hydrogen) atoms. The van der Waals surface area contributed by atoms with Crippen LogP contribution in [0.4, 0.5) is 0 Å². The Morgan fingerprint density at radius 1 is 0.920 bits per heavy atom. The minimum atomic E-state index is -1.30. The minimum absolute atomic E-state index is 0.0724. The highest BCUT2D eigenvalue weighted by molar-refractivity contribution is 5.58. The molecule has 0 radical (unpaired) electrons. The molecular weight excluding hydrogens is 324 g/mol. The second-order valence-corrected chi connectivity index (χ2v) is 6.51. The number of phenols is 3. The highest BCUT2D eigenvalue weighted by Gasteiger charge is 2.41. The zero-order chi connectivity index (χ0) is 18.5. The molecule has 2 atom stereocenters. The molecule has 0 saturated heterocycles. The van der Waals surface area contributed by atoms with Crippen LogP contribution in [0.25, 0.3) is 0 Å². The lowest BCUT2D eigenvalue weighted by Gasteiger charge is -2.61. The van der Waals surface area contributed by atoms with Gasteiger partial charge in [-0.25, -0.2) is 0 Å². The van der Waals surface area contributed by atoms with E-state index in [9.17, 15) is 25.5 Å². The molecule has 134 valence electrons. The summed E-state index contributed by atoms with van der Waals surface area (Å²) in [6, 6.07) is 6.23. The number of hydrogen-bond donors (Lipinski definition) is 3. The monoisotopic (exact) mass is 344 g/mol. The van der Waals surface area contributed by atoms with E-state index in [1.54, 1.807) is 25.3 Å². The highest BCUT2D eigenvalue weighted by atomic mass is 16.5. The van der Waals surface area contributed by atoms with Gasteiger partial charge in [-0.05, 0) is 42.9 Å². The van der Waals surface area contributed by atoms with E-state index < -0.39 is 35.5 Å². The Kier molecular flexibility index (Phi) is 4.26. The number of phenolic OH excluding ortho intramolecular Hbond substituents is 3. The Hall–Kier alpha value is -2.44. The summed E-state index contributed by atoms with van der Waals surface area (Å²) in [7, 11) is 1.55. The molecule has 0 spiro atoms. The van der Waals surface area contributed by atoms with Gasteiger partial charge in [-0.2, -0.15) is 0 Å². The molecule has 0 amide bonds. The van der Waals surface area contributed by atoms with Gasteiger partial charge in [0.1, 0.15) is 23.0 Å². The molecule has 1 aliphatic carbocycles. The molecule has 6 heteroatoms. The molecule has 0 bridgehead atoms. The topological polar surface area (TPSA) is 116 Å². The first kappa shape index (κ1) is 17.4. The quantitative estimate of drug-likeness (QED) is 0.757. The first-order valence-corrected chi connectivity index (χ1v) is 7.98. The van der Waals surface area contributed by atoms with Crippen molar-refractivity contribution in [3.63, 3.8) is 0 Å². The Balaban J connectivity index is 1.95. The van der Waals surface area contributed by atoms with Gasteiger partial charge in [-0.1, -0.05) is 12.1 Å². The van der Waals surface area contributed by atoms with Gasteiger partial charge in [0.2, 0.25) is 0 Å². The molecule has 0 aromatic heterocycles. The van der Waals surface area contributed by atoms with Gasteiger partial charge in [0, 0.05) is 17.2 Å². The van der Waals surface area contributed by atoms with Crippen LogP contribution in [0.5, 0.6) is 23.0 Å². The summed E-state index contributed by atoms with van der Waals surface area (Å²) in [5, 5.41) is 55.3. The van der Waals surface area contributed by atoms with Crippen molar-refractivity contribution in [2.45, 2.75) is 37.9 Å². The first-order valence-electron chi connectivity index (χ1n) is 7.98. The zero-order valence-corrected chi connectivity index (χ0v) is 14.2. The van der Waals surface area contributed by atoms with Gasteiger partial charge < -0.3 is 30.3 Å². The zero-order valence-electron chi connectivity index (χ0n) is 14.2. The van der Waals surface area contributed by atoms with Gasteiger partial charge >= 0.3 is 0 Å². The molecule has 3 N–H and O–H groups in total. The van der Waals surface area contributed by atoms with Crippen molar-refractivity contribution in [2.24, 2.45) is 0 Å². The molecular formula is C19H20O6-2. The first-order chi connectivity index (χ1) is 11.8. The van der Waals surface area contributed by atoms with E-state index in [4.69, 9.17) is 4.74 Å². The van der Waals surface area contributed by atoms with E-state index in [2.05, 4.69) is 0 Å². The third-order valence-corrected chi connectivity index (χ3v) is 5.10. The van der Waals surface area contributed by atoms with E-state index >= 15 is 0 Å². The Labute approximate surface area is 145 Å². The SMILES string of the molecule is COc1ccc(C2C([O-])C(c3c(O)cc(O)c(C)c3O)C2[O-])cc1C. The molecule has 1 saturated carbocycles. The van der Waals surface area contributed by atoms with Crippen LogP contribution in [0.1, 0.15) is 34.1 Å². The van der Waals surface area contributed by atoms with Crippen molar-refractivity contribution in [1.29, 1.82) is 0 Å². The van der Waals surface area contributed by atoms with Crippen LogP contribution in [0.15, 0.2) is 24.3 Å². The van der Waals surface area contributed by atoms with Crippen LogP contribution in [0, 0.1) is 13.8 Å². The number of hydrogen-bond acceptors (Lipinski definition) is 6. The molecule has 2 aromatic carbocycles. The normalized spacial score (nSPS) is 25.5. The Morgan fingerprint density at radius 3 is 2.12 bits per heavy atom. The van der Waals surface area contributed by atoms with E-state index in [1.807, 2.05) is 6.92 Å². The van der Waals surface area contributed by atoms with Crippen molar-refractivity contribution in [3.05, 3.63) is 46.5 Å². The second kappa shape index (κ2) is 6.13. The highest BCUT2D eigenvalue weighted by Crippen LogP contribution is 2.52. The number of aryl methyl sites for hydroxylation is 1. The largest absolute Gasteiger partial charge is 0.851 e. The van der Waals surface area contributed by atoms with Crippen LogP contribution in [-0.2, 0) is 0 Å². The van der Waals surface area contributed by atoms with Crippen molar-refractivity contribution < 1.29 is 30.3 Å². The molecule has 2 aromatic rings. The molecule has 0 heterocycles. The van der Waals surface area contributed by atoms with Crippen LogP contribution in [0.3, 0.4) is 0 Å². The predicted octanol–water partition coefficient (Wildman–Crippen LogP) is 0.768. The molecule has 2 unspecified atom stereocenters. The van der Waals surface area contributed by atoms with Gasteiger partial charge in [-0.15, -0.1) is 12.2 Å². The van der Waals surface area contributed by atoms with E-state index in [0.717, 1.165) is 11.6 Å². The van der Waals surface area contributed by atoms with Crippen molar-refractivity contribution in [1.82, 2.24) is 0 Å². The average Bonchev–Trinajstić information content (AvgIpc) is 2.57. The fourth-order valence-corrected chi connectivity index (χ4v) is 3.58. The van der Waals surface area contributed by atoms with Gasteiger partial charge in [0.25, 0.3) is 0 Å². The van der Waals surface area contributed by atoms with Gasteiger partial charge in [0.05, 0.1) is 7.11 Å². The van der Waals surface area contributed by atoms with Gasteiger partial charge in [-0.3, -0.25) is 0 Å². The third kappa shape index (κ3) is 2.58. The Bertz CT molecular complexity index is 806. The number of benzene rings is 2. The summed E-state index contributed by atoms with van der Waals surface area (Å²) in [6.07, 6.45) is -2.59. The summed E-state index contributed by atoms with van der Waals surface area (Å²) in [5.41, 5.74) is 1.52. The maximum Gasteiger partial charge on any atom is 0.129 e. The van der Waals surface area contributed by atoms with Crippen LogP contribution in [0.2, 0.25) is 0 Å². The lowest BCUT2D eigenvalue weighted by atomic mass is 9.62. The van der Waals surface area contributed by atoms with Crippen LogP contribution in [-0.4, -0.2) is 34.6 Å². The summed E-state index contributed by atoms with van der Waals surface area (Å²) in [5.74, 6) is -2.27. The van der Waals surface area contributed by atoms with E-state index in [-0.39, 0.29) is 16.9 Å². The predicted molar refractivity (Wildman–Crippen MR) is 87.0 cm³/mol. The number of methoxy groups -OCH3 is 1. The second-order valence-electron chi connectivity index (χ2n) is 6.51. The average molecular weight is 344 g/mol. The standard InChI is InChI=1S/C19H20O6/c1-8-6-10(4-5-13(8)25-3)14-18(23)16(19(14)24)15-12(21)7-11(20)9(2)17(15)22/h4-7,14,16,18-22H,1-3H3/q-2. The number of ether oxygens (including phenoxy) is 1. The van der Waals surface area contributed by atoms with Gasteiger partial charge in [0.15, 0.2) is 0 Å². The van der Waals surface area contributed by atoms with E-state index in [0.29, 0.717) is 11.3 Å². The van der Waals surface area contributed by atoms with Crippen LogP contribution < -0.4 is 14.9 Å². The lowest BCUT2D eigenvalue weighted by molar-refractivity contribution is -0.536. The summed E-state index contributed by atoms with van der Waals surface area (Å²) < 4.78 is 5.19. The summed E-state index contributed by atoms with van der Waals surface area (Å²) in [4.78, 5) is 0. The molecule has 6 nitrogen and oxygen atoms in total. The number of aromatic hydroxyl groups is 3. The fraction of sp³-hybridized carbons (Fsp3) is 0.368. The maximum atomic E-state index is 12.7. The third-order valence-electron chi connectivity index (χ3n) is 5.10. The lowest BCUT2D eigenvalue weighted by Crippen LogP contribution is -2.63. The van der Waals surface area contributed by atoms with E-state index in [1.165, 1.54) is 6.92 Å².